The highest BCUT2D eigenvalue weighted by atomic mass is 35.5. The molecule has 1 aliphatic rings. The van der Waals surface area contributed by atoms with Crippen molar-refractivity contribution in [3.63, 3.8) is 0 Å². The van der Waals surface area contributed by atoms with Gasteiger partial charge in [-0.2, -0.15) is 0 Å². The third-order valence-electron chi connectivity index (χ3n) is 3.77. The summed E-state index contributed by atoms with van der Waals surface area (Å²) in [6.45, 7) is 0.387. The molecule has 1 fully saturated rings. The lowest BCUT2D eigenvalue weighted by Crippen LogP contribution is -2.30. The number of hydrogen-bond acceptors (Lipinski definition) is 5. The van der Waals surface area contributed by atoms with Gasteiger partial charge >= 0.3 is 0 Å². The lowest BCUT2D eigenvalue weighted by Gasteiger charge is -2.23. The molecule has 3 N–H and O–H groups in total. The van der Waals surface area contributed by atoms with Gasteiger partial charge in [0.05, 0.1) is 16.5 Å². The first-order valence-corrected chi connectivity index (χ1v) is 8.43. The molecule has 0 aliphatic carbocycles. The molecule has 25 heavy (non-hydrogen) atoms. The van der Waals surface area contributed by atoms with Gasteiger partial charge in [0.1, 0.15) is 0 Å². The average molecular weight is 373 g/mol. The van der Waals surface area contributed by atoms with E-state index >= 15 is 0 Å². The summed E-state index contributed by atoms with van der Waals surface area (Å²) in [5.41, 5.74) is 1.11. The maximum absolute atomic E-state index is 11.6. The average Bonchev–Trinajstić information content (AvgIpc) is 3.21. The van der Waals surface area contributed by atoms with Crippen molar-refractivity contribution in [3.05, 3.63) is 56.8 Å². The molecule has 1 atom stereocenters. The molecular weight excluding hydrogens is 360 g/mol. The Morgan fingerprint density at radius 3 is 3.04 bits per heavy atom. The number of carbonyl (C=O) groups is 1. The number of aliphatic hydroxyl groups excluding tert-OH is 1. The second kappa shape index (κ2) is 6.97. The van der Waals surface area contributed by atoms with Crippen molar-refractivity contribution >= 4 is 40.8 Å². The standard InChI is InChI=1S/C17H13ClN4O2S/c1-2-10-4-3-5-11(6-10)12(9-23)15(24)22-13(7-21-17(22)19)14-8-20-16(18)25-14/h1,3-6,8-9,13,24H,7H2,(H2,19,21)/b15-12-. The van der Waals surface area contributed by atoms with Crippen LogP contribution in [-0.4, -0.2) is 33.8 Å². The normalized spacial score (nSPS) is 17.7. The van der Waals surface area contributed by atoms with E-state index in [2.05, 4.69) is 16.2 Å². The molecule has 0 radical (unpaired) electrons. The van der Waals surface area contributed by atoms with Crippen LogP contribution < -0.4 is 5.32 Å². The summed E-state index contributed by atoms with van der Waals surface area (Å²) in [5.74, 6) is 2.15. The number of benzene rings is 1. The quantitative estimate of drug-likeness (QED) is 0.332. The Bertz CT molecular complexity index is 915. The van der Waals surface area contributed by atoms with Crippen molar-refractivity contribution < 1.29 is 9.90 Å². The fraction of sp³-hybridized carbons (Fsp3) is 0.118. The number of aromatic nitrogens is 1. The minimum absolute atomic E-state index is 0.0144. The number of allylic oxidation sites excluding steroid dienone is 1. The lowest BCUT2D eigenvalue weighted by molar-refractivity contribution is -0.103. The van der Waals surface area contributed by atoms with Crippen LogP contribution in [0.4, 0.5) is 0 Å². The van der Waals surface area contributed by atoms with E-state index in [-0.39, 0.29) is 23.5 Å². The van der Waals surface area contributed by atoms with Crippen molar-refractivity contribution in [2.24, 2.45) is 0 Å². The molecule has 0 bridgehead atoms. The van der Waals surface area contributed by atoms with Crippen LogP contribution in [0.1, 0.15) is 22.0 Å². The predicted molar refractivity (Wildman–Crippen MR) is 97.4 cm³/mol. The van der Waals surface area contributed by atoms with Gasteiger partial charge in [-0.15, -0.1) is 17.8 Å². The van der Waals surface area contributed by atoms with Crippen LogP contribution in [0.3, 0.4) is 0 Å². The second-order valence-corrected chi connectivity index (χ2v) is 6.86. The Hall–Kier alpha value is -2.82. The monoisotopic (exact) mass is 372 g/mol. The van der Waals surface area contributed by atoms with E-state index in [0.717, 1.165) is 4.88 Å². The molecule has 1 saturated heterocycles. The molecule has 126 valence electrons. The maximum atomic E-state index is 11.6. The molecule has 1 unspecified atom stereocenters. The Morgan fingerprint density at radius 2 is 2.40 bits per heavy atom. The van der Waals surface area contributed by atoms with Gasteiger partial charge in [0, 0.05) is 18.3 Å². The number of nitrogens with zero attached hydrogens (tertiary/aromatic N) is 2. The molecule has 1 aromatic heterocycles. The first kappa shape index (κ1) is 17.0. The van der Waals surface area contributed by atoms with Crippen LogP contribution in [0.2, 0.25) is 4.47 Å². The molecule has 1 aliphatic heterocycles. The summed E-state index contributed by atoms with van der Waals surface area (Å²) in [7, 11) is 0. The SMILES string of the molecule is C#Cc1cccc(/C(C=O)=C(\O)N2C(=N)NCC2c2cnc(Cl)s2)c1. The van der Waals surface area contributed by atoms with E-state index in [1.807, 2.05) is 0 Å². The number of aliphatic hydroxyl groups is 1. The van der Waals surface area contributed by atoms with Gasteiger partial charge in [-0.3, -0.25) is 15.1 Å². The lowest BCUT2D eigenvalue weighted by atomic mass is 10.0. The number of carbonyl (C=O) groups excluding carboxylic acids is 1. The molecule has 0 amide bonds. The van der Waals surface area contributed by atoms with Crippen LogP contribution in [0.5, 0.6) is 0 Å². The number of terminal acetylenes is 1. The molecule has 0 saturated carbocycles. The van der Waals surface area contributed by atoms with E-state index in [0.29, 0.717) is 28.4 Å². The minimum atomic E-state index is -0.386. The van der Waals surface area contributed by atoms with Gasteiger partial charge in [-0.05, 0) is 17.7 Å². The Balaban J connectivity index is 2.06. The molecule has 2 heterocycles. The molecule has 2 aromatic rings. The number of rotatable bonds is 4. The second-order valence-electron chi connectivity index (χ2n) is 5.21. The van der Waals surface area contributed by atoms with Crippen LogP contribution in [0.25, 0.3) is 5.57 Å². The Labute approximate surface area is 153 Å². The number of thiazole rings is 1. The predicted octanol–water partition coefficient (Wildman–Crippen LogP) is 2.78. The molecule has 1 aromatic carbocycles. The van der Waals surface area contributed by atoms with Crippen molar-refractivity contribution in [1.29, 1.82) is 5.41 Å². The van der Waals surface area contributed by atoms with Gasteiger partial charge in [-0.25, -0.2) is 4.98 Å². The molecule has 6 nitrogen and oxygen atoms in total. The summed E-state index contributed by atoms with van der Waals surface area (Å²) in [6, 6.07) is 6.35. The van der Waals surface area contributed by atoms with Gasteiger partial charge in [-0.1, -0.05) is 29.7 Å². The van der Waals surface area contributed by atoms with Crippen LogP contribution >= 0.6 is 22.9 Å². The van der Waals surface area contributed by atoms with Crippen LogP contribution in [-0.2, 0) is 4.79 Å². The van der Waals surface area contributed by atoms with E-state index in [1.54, 1.807) is 30.5 Å². The Kier molecular flexibility index (Phi) is 4.74. The van der Waals surface area contributed by atoms with Crippen molar-refractivity contribution in [3.8, 4) is 12.3 Å². The van der Waals surface area contributed by atoms with Gasteiger partial charge < -0.3 is 10.4 Å². The third-order valence-corrected chi connectivity index (χ3v) is 4.98. The van der Waals surface area contributed by atoms with E-state index in [1.165, 1.54) is 16.2 Å². The number of guanidine groups is 1. The fourth-order valence-corrected chi connectivity index (χ4v) is 3.63. The van der Waals surface area contributed by atoms with Gasteiger partial charge in [0.2, 0.25) is 5.88 Å². The summed E-state index contributed by atoms with van der Waals surface area (Å²) >= 11 is 7.14. The highest BCUT2D eigenvalue weighted by Gasteiger charge is 2.35. The third kappa shape index (κ3) is 3.22. The first-order valence-electron chi connectivity index (χ1n) is 7.23. The van der Waals surface area contributed by atoms with Crippen LogP contribution in [0.15, 0.2) is 36.3 Å². The highest BCUT2D eigenvalue weighted by molar-refractivity contribution is 7.15. The van der Waals surface area contributed by atoms with E-state index in [4.69, 9.17) is 23.4 Å². The zero-order valence-corrected chi connectivity index (χ0v) is 14.4. The van der Waals surface area contributed by atoms with Crippen molar-refractivity contribution in [2.45, 2.75) is 6.04 Å². The largest absolute Gasteiger partial charge is 0.494 e. The highest BCUT2D eigenvalue weighted by Crippen LogP contribution is 2.34. The Morgan fingerprint density at radius 1 is 1.60 bits per heavy atom. The number of aldehydes is 1. The number of halogens is 1. The summed E-state index contributed by atoms with van der Waals surface area (Å²) < 4.78 is 0.370. The zero-order valence-electron chi connectivity index (χ0n) is 12.9. The minimum Gasteiger partial charge on any atom is -0.494 e. The first-order chi connectivity index (χ1) is 12.0. The van der Waals surface area contributed by atoms with E-state index in [9.17, 15) is 9.90 Å². The van der Waals surface area contributed by atoms with E-state index < -0.39 is 0 Å². The number of hydrogen-bond donors (Lipinski definition) is 3. The maximum Gasteiger partial charge on any atom is 0.205 e. The van der Waals surface area contributed by atoms with Gasteiger partial charge in [0.25, 0.3) is 0 Å². The molecule has 0 spiro atoms. The smallest absolute Gasteiger partial charge is 0.205 e. The summed E-state index contributed by atoms with van der Waals surface area (Å²) in [6.07, 6.45) is 7.54. The molecular formula is C17H13ClN4O2S. The van der Waals surface area contributed by atoms with Gasteiger partial charge in [0.15, 0.2) is 16.7 Å². The fourth-order valence-electron chi connectivity index (χ4n) is 2.58. The van der Waals surface area contributed by atoms with Crippen LogP contribution in [0, 0.1) is 17.8 Å². The summed E-state index contributed by atoms with van der Waals surface area (Å²) in [5, 5.41) is 21.6. The molecule has 8 heteroatoms. The van der Waals surface area contributed by atoms with Crippen molar-refractivity contribution in [2.75, 3.05) is 6.54 Å². The zero-order chi connectivity index (χ0) is 18.0. The topological polar surface area (TPSA) is 89.3 Å². The molecule has 3 rings (SSSR count). The number of nitrogens with one attached hydrogen (secondary N) is 2. The summed E-state index contributed by atoms with van der Waals surface area (Å²) in [4.78, 5) is 17.8. The van der Waals surface area contributed by atoms with Crippen molar-refractivity contribution in [1.82, 2.24) is 15.2 Å².